The Balaban J connectivity index is 2.10. The molecule has 2 nitrogen and oxygen atoms in total. The fourth-order valence-electron chi connectivity index (χ4n) is 8.77. The highest BCUT2D eigenvalue weighted by Crippen LogP contribution is 2.41. The van der Waals surface area contributed by atoms with Gasteiger partial charge in [0.05, 0.1) is 0 Å². The Labute approximate surface area is 299 Å². The number of fused-ring (bicyclic) bond motifs is 3. The molecule has 18 heteroatoms. The van der Waals surface area contributed by atoms with Crippen LogP contribution in [0.5, 0.6) is 0 Å². The summed E-state index contributed by atoms with van der Waals surface area (Å²) in [7, 11) is 32.9. The molecule has 216 valence electrons. The van der Waals surface area contributed by atoms with Crippen molar-refractivity contribution in [1.82, 2.24) is 0 Å². The summed E-state index contributed by atoms with van der Waals surface area (Å²) in [5, 5.41) is 28.5. The number of rotatable bonds is 3. The zero-order chi connectivity index (χ0) is 35.4. The lowest BCUT2D eigenvalue weighted by Gasteiger charge is -2.31. The molecule has 0 aliphatic heterocycles. The van der Waals surface area contributed by atoms with E-state index in [-0.39, 0.29) is 0 Å². The van der Waals surface area contributed by atoms with E-state index in [9.17, 15) is 10.0 Å². The maximum Gasteiger partial charge on any atom is 0.488 e. The van der Waals surface area contributed by atoms with Crippen molar-refractivity contribution in [3.05, 3.63) is 24.3 Å². The Hall–Kier alpha value is -2.94. The molecule has 6 aromatic rings. The maximum absolute atomic E-state index is 10.3. The third-order valence-electron chi connectivity index (χ3n) is 12.9. The van der Waals surface area contributed by atoms with E-state index in [1.807, 2.05) is 12.1 Å². The zero-order valence-electron chi connectivity index (χ0n) is 31.8. The van der Waals surface area contributed by atoms with Crippen molar-refractivity contribution in [1.29, 1.82) is 0 Å². The zero-order valence-corrected chi connectivity index (χ0v) is 31.8. The highest BCUT2D eigenvalue weighted by Gasteiger charge is 2.28. The fourth-order valence-corrected chi connectivity index (χ4v) is 8.77. The first-order valence-corrected chi connectivity index (χ1v) is 17.4. The van der Waals surface area contributed by atoms with Crippen LogP contribution in [0.25, 0.3) is 54.6 Å². The molecule has 48 heavy (non-hydrogen) atoms. The molecule has 0 aliphatic rings. The predicted molar refractivity (Wildman–Crippen MR) is 262 cm³/mol. The summed E-state index contributed by atoms with van der Waals surface area (Å²) >= 11 is 0. The van der Waals surface area contributed by atoms with Crippen molar-refractivity contribution >= 4 is 245 Å². The smallest absolute Gasteiger partial charge is 0.423 e. The van der Waals surface area contributed by atoms with Gasteiger partial charge in [0, 0.05) is 0 Å². The van der Waals surface area contributed by atoms with Crippen molar-refractivity contribution in [3.8, 4) is 22.3 Å². The molecule has 6 rings (SSSR count). The molecule has 0 aromatic heterocycles. The fraction of sp³-hybridized carbons (Fsp3) is 0. The molecule has 6 aromatic carbocycles. The largest absolute Gasteiger partial charge is 0.488 e. The van der Waals surface area contributed by atoms with Gasteiger partial charge in [-0.15, -0.1) is 38.2 Å². The molecule has 0 unspecified atom stereocenters. The second-order valence-electron chi connectivity index (χ2n) is 14.7. The summed E-state index contributed by atoms with van der Waals surface area (Å²) in [5.41, 5.74) is 25.4. The van der Waals surface area contributed by atoms with Crippen LogP contribution in [0.2, 0.25) is 0 Å². The SMILES string of the molecule is Bc1c(B)c(B)c2c(-c3c4c(B)c(B)c(B)c(B)c4c(-c4cccc(B(O)O)c4)c4c(B)c(B)c(B)c(B)c34)c(B)c(B)c(B)c2c1B. The first-order valence-electron chi connectivity index (χ1n) is 17.4. The van der Waals surface area contributed by atoms with Gasteiger partial charge in [0.1, 0.15) is 118 Å². The van der Waals surface area contributed by atoms with Crippen LogP contribution in [0.4, 0.5) is 0 Å². The van der Waals surface area contributed by atoms with E-state index in [1.54, 1.807) is 6.07 Å². The molecule has 0 fully saturated rings. The molecular weight excluding hydrogens is 565 g/mol. The molecule has 2 N–H and O–H groups in total. The van der Waals surface area contributed by atoms with Gasteiger partial charge in [-0.05, 0) is 60.0 Å². The van der Waals surface area contributed by atoms with Crippen molar-refractivity contribution in [2.75, 3.05) is 0 Å². The Morgan fingerprint density at radius 3 is 1.02 bits per heavy atom. The number of benzene rings is 6. The molecule has 0 heterocycles. The second kappa shape index (κ2) is 12.1. The van der Waals surface area contributed by atoms with E-state index < -0.39 is 7.12 Å². The van der Waals surface area contributed by atoms with Crippen LogP contribution >= 0.6 is 0 Å². The number of hydrogen-bond acceptors (Lipinski definition) is 2. The molecule has 0 aliphatic carbocycles. The van der Waals surface area contributed by atoms with Crippen LogP contribution in [0.3, 0.4) is 0 Å². The van der Waals surface area contributed by atoms with Crippen LogP contribution in [-0.2, 0) is 0 Å². The van der Waals surface area contributed by atoms with Gasteiger partial charge in [0.25, 0.3) is 0 Å². The maximum atomic E-state index is 10.3. The van der Waals surface area contributed by atoms with Crippen molar-refractivity contribution < 1.29 is 10.0 Å². The van der Waals surface area contributed by atoms with E-state index in [1.165, 1.54) is 131 Å². The minimum Gasteiger partial charge on any atom is -0.423 e. The molecule has 0 bridgehead atoms. The summed E-state index contributed by atoms with van der Waals surface area (Å²) in [5.74, 6) is 0. The highest BCUT2D eigenvalue weighted by atomic mass is 16.4. The van der Waals surface area contributed by atoms with Crippen molar-refractivity contribution in [3.63, 3.8) is 0 Å². The lowest BCUT2D eigenvalue weighted by molar-refractivity contribution is 0.426. The van der Waals surface area contributed by atoms with Gasteiger partial charge in [0.2, 0.25) is 0 Å². The summed E-state index contributed by atoms with van der Waals surface area (Å²) in [4.78, 5) is 0. The normalized spacial score (nSPS) is 11.5. The molecular formula is C30H36B16O2. The molecule has 0 atom stereocenters. The minimum atomic E-state index is -1.54. The molecule has 0 saturated heterocycles. The topological polar surface area (TPSA) is 40.5 Å². The van der Waals surface area contributed by atoms with Gasteiger partial charge < -0.3 is 10.0 Å². The average Bonchev–Trinajstić information content (AvgIpc) is 3.07. The van der Waals surface area contributed by atoms with Crippen LogP contribution in [0.1, 0.15) is 0 Å². The van der Waals surface area contributed by atoms with E-state index in [4.69, 9.17) is 0 Å². The lowest BCUT2D eigenvalue weighted by atomic mass is 9.56. The second-order valence-corrected chi connectivity index (χ2v) is 14.7. The third kappa shape index (κ3) is 4.72. The Morgan fingerprint density at radius 2 is 0.646 bits per heavy atom. The monoisotopic (exact) mass is 604 g/mol. The summed E-state index contributed by atoms with van der Waals surface area (Å²) < 4.78 is 0. The average molecular weight is 602 g/mol. The molecule has 0 saturated carbocycles. The number of hydrogen-bond donors (Lipinski definition) is 2. The Bertz CT molecular complexity index is 2350. The third-order valence-corrected chi connectivity index (χ3v) is 12.9. The predicted octanol–water partition coefficient (Wildman–Crippen LogP) is -20.0. The van der Waals surface area contributed by atoms with Gasteiger partial charge in [-0.3, -0.25) is 0 Å². The van der Waals surface area contributed by atoms with E-state index >= 15 is 0 Å². The highest BCUT2D eigenvalue weighted by molar-refractivity contribution is 6.75. The molecule has 0 spiro atoms. The van der Waals surface area contributed by atoms with Crippen molar-refractivity contribution in [2.24, 2.45) is 0 Å². The quantitative estimate of drug-likeness (QED) is 0.156. The van der Waals surface area contributed by atoms with Gasteiger partial charge in [-0.1, -0.05) is 68.0 Å². The molecule has 0 radical (unpaired) electrons. The Kier molecular flexibility index (Phi) is 8.82. The van der Waals surface area contributed by atoms with Crippen LogP contribution in [0, 0.1) is 0 Å². The van der Waals surface area contributed by atoms with Crippen LogP contribution in [0.15, 0.2) is 24.3 Å². The standard InChI is InChI=1S/C30H36B16O2/c31-16-9-7(5-2-1-3-6(4-5)46(47)48)10-12(20(35)28(43)26(41)17(10)32)8(11(9)19(34)27(42)25(16)40)13-14-15(22(37)24(39)18(13)33)23(38)30(45)29(44)21(14)36/h1-4,47-48H,31-45H2. The van der Waals surface area contributed by atoms with Crippen molar-refractivity contribution in [2.45, 2.75) is 0 Å². The first-order chi connectivity index (χ1) is 22.4. The first kappa shape index (κ1) is 34.9. The van der Waals surface area contributed by atoms with E-state index in [0.29, 0.717) is 5.46 Å². The van der Waals surface area contributed by atoms with Gasteiger partial charge in [0.15, 0.2) is 0 Å². The van der Waals surface area contributed by atoms with Crippen LogP contribution in [-0.4, -0.2) is 135 Å². The van der Waals surface area contributed by atoms with E-state index in [0.717, 1.165) is 5.56 Å². The van der Waals surface area contributed by atoms with Crippen LogP contribution < -0.4 is 87.4 Å². The van der Waals surface area contributed by atoms with Gasteiger partial charge in [-0.25, -0.2) is 0 Å². The lowest BCUT2D eigenvalue weighted by Crippen LogP contribution is -2.53. The van der Waals surface area contributed by atoms with Gasteiger partial charge >= 0.3 is 7.12 Å². The van der Waals surface area contributed by atoms with E-state index in [2.05, 4.69) is 124 Å². The van der Waals surface area contributed by atoms with Gasteiger partial charge in [-0.2, -0.15) is 0 Å². The Morgan fingerprint density at radius 1 is 0.333 bits per heavy atom. The summed E-state index contributed by atoms with van der Waals surface area (Å²) in [6, 6.07) is 7.88. The summed E-state index contributed by atoms with van der Waals surface area (Å²) in [6.45, 7) is 0. The summed E-state index contributed by atoms with van der Waals surface area (Å²) in [6.07, 6.45) is 0. The molecule has 0 amide bonds. The minimum absolute atomic E-state index is 0.502.